The van der Waals surface area contributed by atoms with E-state index in [1.165, 1.54) is 6.07 Å². The fourth-order valence-corrected chi connectivity index (χ4v) is 1.70. The molecule has 0 fully saturated rings. The third kappa shape index (κ3) is 3.51. The monoisotopic (exact) mass is 272 g/mol. The van der Waals surface area contributed by atoms with E-state index in [4.69, 9.17) is 14.7 Å². The molecule has 0 radical (unpaired) electrons. The van der Waals surface area contributed by atoms with Crippen molar-refractivity contribution in [1.29, 1.82) is 5.26 Å². The first-order valence-corrected chi connectivity index (χ1v) is 5.59. The van der Waals surface area contributed by atoms with E-state index in [-0.39, 0.29) is 0 Å². The van der Waals surface area contributed by atoms with E-state index < -0.39 is 18.8 Å². The summed E-state index contributed by atoms with van der Waals surface area (Å²) in [6, 6.07) is 5.40. The first-order valence-electron chi connectivity index (χ1n) is 5.59. The molecule has 1 aromatic carbocycles. The van der Waals surface area contributed by atoms with Crippen molar-refractivity contribution in [2.24, 2.45) is 0 Å². The van der Waals surface area contributed by atoms with E-state index in [1.54, 1.807) is 18.2 Å². The first kappa shape index (κ1) is 13.5. The Morgan fingerprint density at radius 2 is 1.95 bits per heavy atom. The van der Waals surface area contributed by atoms with Crippen LogP contribution in [0.1, 0.15) is 11.6 Å². The maximum absolute atomic E-state index is 12.1. The lowest BCUT2D eigenvalue weighted by atomic mass is 10.1. The molecule has 1 aliphatic rings. The maximum atomic E-state index is 12.1. The Kier molecular flexibility index (Phi) is 3.81. The minimum atomic E-state index is -4.36. The lowest BCUT2D eigenvalue weighted by Gasteiger charge is -2.20. The van der Waals surface area contributed by atoms with Crippen molar-refractivity contribution in [3.05, 3.63) is 23.8 Å². The Labute approximate surface area is 107 Å². The molecule has 4 nitrogen and oxygen atoms in total. The van der Waals surface area contributed by atoms with Gasteiger partial charge in [-0.15, -0.1) is 0 Å². The molecule has 1 aromatic rings. The zero-order valence-electron chi connectivity index (χ0n) is 9.83. The average molecular weight is 272 g/mol. The molecular formula is C12H11F3N2O2. The summed E-state index contributed by atoms with van der Waals surface area (Å²) in [5.41, 5.74) is 0.413. The number of nitrogens with one attached hydrogen (secondary N) is 1. The molecule has 0 spiro atoms. The fraction of sp³-hybridized carbons (Fsp3) is 0.417. The number of hydrogen-bond donors (Lipinski definition) is 1. The van der Waals surface area contributed by atoms with Gasteiger partial charge in [0.1, 0.15) is 19.3 Å². The van der Waals surface area contributed by atoms with E-state index in [9.17, 15) is 13.2 Å². The summed E-state index contributed by atoms with van der Waals surface area (Å²) in [5, 5.41) is 11.1. The number of rotatable bonds is 3. The van der Waals surface area contributed by atoms with Gasteiger partial charge in [0.2, 0.25) is 0 Å². The Balaban J connectivity index is 2.13. The van der Waals surface area contributed by atoms with Crippen molar-refractivity contribution in [3.63, 3.8) is 0 Å². The quantitative estimate of drug-likeness (QED) is 0.916. The van der Waals surface area contributed by atoms with E-state index in [0.29, 0.717) is 30.3 Å². The highest BCUT2D eigenvalue weighted by atomic mass is 19.4. The summed E-state index contributed by atoms with van der Waals surface area (Å²) in [4.78, 5) is 0. The van der Waals surface area contributed by atoms with Crippen molar-refractivity contribution in [2.45, 2.75) is 12.2 Å². The minimum absolute atomic E-state index is 0.379. The molecule has 1 heterocycles. The third-order valence-electron chi connectivity index (χ3n) is 2.54. The van der Waals surface area contributed by atoms with Crippen LogP contribution in [0.4, 0.5) is 13.2 Å². The number of ether oxygens (including phenoxy) is 2. The predicted molar refractivity (Wildman–Crippen MR) is 59.8 cm³/mol. The molecule has 1 atom stereocenters. The fourth-order valence-electron chi connectivity index (χ4n) is 1.70. The summed E-state index contributed by atoms with van der Waals surface area (Å²) < 4.78 is 47.0. The molecule has 1 unspecified atom stereocenters. The SMILES string of the molecule is N#CC(NCC(F)(F)F)c1ccc2c(c1)OCCO2. The van der Waals surface area contributed by atoms with E-state index >= 15 is 0 Å². The van der Waals surface area contributed by atoms with Crippen molar-refractivity contribution in [3.8, 4) is 17.6 Å². The number of benzene rings is 1. The standard InChI is InChI=1S/C12H11F3N2O2/c13-12(14,15)7-17-9(6-16)8-1-2-10-11(5-8)19-4-3-18-10/h1-2,5,9,17H,3-4,7H2. The van der Waals surface area contributed by atoms with Crippen LogP contribution in [0.5, 0.6) is 11.5 Å². The second kappa shape index (κ2) is 5.36. The van der Waals surface area contributed by atoms with Crippen LogP contribution in [0.3, 0.4) is 0 Å². The highest BCUT2D eigenvalue weighted by molar-refractivity contribution is 5.45. The van der Waals surface area contributed by atoms with Gasteiger partial charge in [-0.05, 0) is 17.7 Å². The molecule has 0 aliphatic carbocycles. The second-order valence-corrected chi connectivity index (χ2v) is 3.96. The van der Waals surface area contributed by atoms with Gasteiger partial charge in [-0.3, -0.25) is 5.32 Å². The maximum Gasteiger partial charge on any atom is 0.401 e. The molecule has 7 heteroatoms. The highest BCUT2D eigenvalue weighted by Gasteiger charge is 2.28. The lowest BCUT2D eigenvalue weighted by Crippen LogP contribution is -2.31. The number of fused-ring (bicyclic) bond motifs is 1. The van der Waals surface area contributed by atoms with Gasteiger partial charge in [0.25, 0.3) is 0 Å². The highest BCUT2D eigenvalue weighted by Crippen LogP contribution is 2.32. The first-order chi connectivity index (χ1) is 8.99. The van der Waals surface area contributed by atoms with Gasteiger partial charge in [-0.1, -0.05) is 6.07 Å². The lowest BCUT2D eigenvalue weighted by molar-refractivity contribution is -0.125. The Morgan fingerprint density at radius 3 is 2.58 bits per heavy atom. The number of alkyl halides is 3. The largest absolute Gasteiger partial charge is 0.486 e. The van der Waals surface area contributed by atoms with Gasteiger partial charge in [0.05, 0.1) is 12.6 Å². The van der Waals surface area contributed by atoms with Crippen LogP contribution in [-0.2, 0) is 0 Å². The number of nitriles is 1. The summed E-state index contributed by atoms with van der Waals surface area (Å²) in [6.45, 7) is -0.413. The van der Waals surface area contributed by atoms with Crippen molar-refractivity contribution in [2.75, 3.05) is 19.8 Å². The Bertz CT molecular complexity index is 497. The number of halogens is 3. The smallest absolute Gasteiger partial charge is 0.401 e. The average Bonchev–Trinajstić information content (AvgIpc) is 2.38. The number of hydrogen-bond acceptors (Lipinski definition) is 4. The van der Waals surface area contributed by atoms with E-state index in [1.807, 2.05) is 0 Å². The molecular weight excluding hydrogens is 261 g/mol. The Morgan fingerprint density at radius 1 is 1.26 bits per heavy atom. The van der Waals surface area contributed by atoms with Crippen LogP contribution < -0.4 is 14.8 Å². The summed E-state index contributed by atoms with van der Waals surface area (Å²) in [6.07, 6.45) is -4.36. The molecule has 1 aliphatic heterocycles. The molecule has 0 amide bonds. The molecule has 102 valence electrons. The van der Waals surface area contributed by atoms with Gasteiger partial charge >= 0.3 is 6.18 Å². The van der Waals surface area contributed by atoms with Gasteiger partial charge in [-0.2, -0.15) is 18.4 Å². The zero-order chi connectivity index (χ0) is 13.9. The minimum Gasteiger partial charge on any atom is -0.486 e. The van der Waals surface area contributed by atoms with Crippen LogP contribution in [0.2, 0.25) is 0 Å². The normalized spacial score (nSPS) is 15.7. The Hall–Kier alpha value is -1.94. The molecule has 0 bridgehead atoms. The number of nitrogens with zero attached hydrogens (tertiary/aromatic N) is 1. The second-order valence-electron chi connectivity index (χ2n) is 3.96. The predicted octanol–water partition coefficient (Wildman–Crippen LogP) is 2.17. The van der Waals surface area contributed by atoms with Crippen LogP contribution in [0.25, 0.3) is 0 Å². The van der Waals surface area contributed by atoms with Crippen LogP contribution in [0.15, 0.2) is 18.2 Å². The van der Waals surface area contributed by atoms with Gasteiger partial charge in [-0.25, -0.2) is 0 Å². The van der Waals surface area contributed by atoms with E-state index in [2.05, 4.69) is 5.32 Å². The molecule has 1 N–H and O–H groups in total. The van der Waals surface area contributed by atoms with Gasteiger partial charge < -0.3 is 9.47 Å². The van der Waals surface area contributed by atoms with Crippen molar-refractivity contribution < 1.29 is 22.6 Å². The molecule has 2 rings (SSSR count). The van der Waals surface area contributed by atoms with E-state index in [0.717, 1.165) is 0 Å². The molecule has 0 saturated heterocycles. The summed E-state index contributed by atoms with van der Waals surface area (Å²) >= 11 is 0. The van der Waals surface area contributed by atoms with Crippen molar-refractivity contribution >= 4 is 0 Å². The van der Waals surface area contributed by atoms with Crippen molar-refractivity contribution in [1.82, 2.24) is 5.32 Å². The van der Waals surface area contributed by atoms with Crippen LogP contribution in [0, 0.1) is 11.3 Å². The summed E-state index contributed by atoms with van der Waals surface area (Å²) in [7, 11) is 0. The van der Waals surface area contributed by atoms with Gasteiger partial charge in [0.15, 0.2) is 11.5 Å². The van der Waals surface area contributed by atoms with Crippen LogP contribution in [-0.4, -0.2) is 25.9 Å². The molecule has 19 heavy (non-hydrogen) atoms. The summed E-state index contributed by atoms with van der Waals surface area (Å²) in [5.74, 6) is 0.973. The molecule has 0 aromatic heterocycles. The topological polar surface area (TPSA) is 54.3 Å². The zero-order valence-corrected chi connectivity index (χ0v) is 9.83. The van der Waals surface area contributed by atoms with Crippen LogP contribution >= 0.6 is 0 Å². The third-order valence-corrected chi connectivity index (χ3v) is 2.54. The van der Waals surface area contributed by atoms with Gasteiger partial charge in [0, 0.05) is 0 Å². The molecule has 0 saturated carbocycles.